The molecule has 0 saturated heterocycles. The van der Waals surface area contributed by atoms with E-state index in [0.29, 0.717) is 46.5 Å². The summed E-state index contributed by atoms with van der Waals surface area (Å²) < 4.78 is 13.0. The monoisotopic (exact) mass is 442 g/mol. The molecule has 6 rings (SSSR count). The van der Waals surface area contributed by atoms with Crippen LogP contribution in [0.3, 0.4) is 0 Å². The third kappa shape index (κ3) is 3.73. The Hall–Kier alpha value is -3.74. The van der Waals surface area contributed by atoms with E-state index in [1.807, 2.05) is 12.1 Å². The Morgan fingerprint density at radius 3 is 2.36 bits per heavy atom. The van der Waals surface area contributed by atoms with Gasteiger partial charge in [-0.05, 0) is 61.8 Å². The highest BCUT2D eigenvalue weighted by molar-refractivity contribution is 6.04. The molecule has 0 atom stereocenters. The van der Waals surface area contributed by atoms with Gasteiger partial charge in [0.25, 0.3) is 5.89 Å². The molecule has 166 valence electrons. The highest BCUT2D eigenvalue weighted by atomic mass is 16.5. The molecular formula is C26H22N2O5. The van der Waals surface area contributed by atoms with Gasteiger partial charge in [-0.25, -0.2) is 9.78 Å². The van der Waals surface area contributed by atoms with Crippen molar-refractivity contribution in [3.8, 4) is 17.3 Å². The zero-order chi connectivity index (χ0) is 22.5. The van der Waals surface area contributed by atoms with E-state index < -0.39 is 5.63 Å². The Morgan fingerprint density at radius 2 is 1.61 bits per heavy atom. The molecule has 0 bridgehead atoms. The molecule has 0 radical (unpaired) electrons. The van der Waals surface area contributed by atoms with E-state index >= 15 is 0 Å². The zero-order valence-corrected chi connectivity index (χ0v) is 18.0. The number of ether oxygens (including phenoxy) is 1. The van der Waals surface area contributed by atoms with Crippen LogP contribution in [-0.2, 0) is 4.79 Å². The van der Waals surface area contributed by atoms with Crippen LogP contribution in [-0.4, -0.2) is 21.4 Å². The van der Waals surface area contributed by atoms with Crippen LogP contribution >= 0.6 is 0 Å². The highest BCUT2D eigenvalue weighted by Crippen LogP contribution is 2.42. The molecular weight excluding hydrogens is 420 g/mol. The van der Waals surface area contributed by atoms with Crippen molar-refractivity contribution in [3.63, 3.8) is 0 Å². The second kappa shape index (κ2) is 7.69. The van der Waals surface area contributed by atoms with Gasteiger partial charge in [0.15, 0.2) is 11.4 Å². The lowest BCUT2D eigenvalue weighted by molar-refractivity contribution is -0.134. The number of fused-ring (bicyclic) bond motifs is 2. The van der Waals surface area contributed by atoms with Crippen molar-refractivity contribution in [2.24, 2.45) is 11.8 Å². The van der Waals surface area contributed by atoms with Crippen molar-refractivity contribution >= 4 is 33.7 Å². The quantitative estimate of drug-likeness (QED) is 0.392. The van der Waals surface area contributed by atoms with Crippen LogP contribution < -0.4 is 10.4 Å². The van der Waals surface area contributed by atoms with Gasteiger partial charge in [0.2, 0.25) is 5.91 Å². The first kappa shape index (κ1) is 19.9. The molecule has 33 heavy (non-hydrogen) atoms. The fourth-order valence-electron chi connectivity index (χ4n) is 4.26. The third-order valence-electron chi connectivity index (χ3n) is 6.34. The minimum absolute atomic E-state index is 0.0340. The summed E-state index contributed by atoms with van der Waals surface area (Å²) in [5.74, 6) is 0.385. The Bertz CT molecular complexity index is 1470. The van der Waals surface area contributed by atoms with Gasteiger partial charge in [0, 0.05) is 18.2 Å². The highest BCUT2D eigenvalue weighted by Gasteiger charge is 2.33. The molecule has 2 aromatic heterocycles. The second-order valence-corrected chi connectivity index (χ2v) is 9.02. The summed E-state index contributed by atoms with van der Waals surface area (Å²) in [4.78, 5) is 43.4. The number of hydrogen-bond donors (Lipinski definition) is 0. The number of para-hydroxylation sites is 2. The fourth-order valence-corrected chi connectivity index (χ4v) is 4.26. The number of nitrogens with zero attached hydrogens (tertiary/aromatic N) is 2. The minimum atomic E-state index is -0.558. The standard InChI is InChI=1S/C26H22N2O5/c29-21(13-15-9-10-15)28-20-8-4-2-6-18(20)24(32-22(30)14-16-11-12-16)23(28)25-27-19-7-3-1-5-17(19)26(31)33-25/h1-8,15-16H,9-14H2. The number of esters is 1. The van der Waals surface area contributed by atoms with Gasteiger partial charge in [-0.3, -0.25) is 14.2 Å². The summed E-state index contributed by atoms with van der Waals surface area (Å²) in [6, 6.07) is 14.1. The number of carbonyl (C=O) groups is 2. The maximum Gasteiger partial charge on any atom is 0.347 e. The van der Waals surface area contributed by atoms with Crippen LogP contribution in [0.1, 0.15) is 43.3 Å². The summed E-state index contributed by atoms with van der Waals surface area (Å²) in [6.07, 6.45) is 4.78. The lowest BCUT2D eigenvalue weighted by atomic mass is 10.2. The molecule has 0 aliphatic heterocycles. The number of carbonyl (C=O) groups excluding carboxylic acids is 2. The van der Waals surface area contributed by atoms with Gasteiger partial charge in [0.05, 0.1) is 16.4 Å². The lowest BCUT2D eigenvalue weighted by Gasteiger charge is -2.10. The first-order chi connectivity index (χ1) is 16.1. The molecule has 0 spiro atoms. The normalized spacial score (nSPS) is 15.8. The summed E-state index contributed by atoms with van der Waals surface area (Å²) in [7, 11) is 0. The Labute approximate surface area is 189 Å². The van der Waals surface area contributed by atoms with Crippen molar-refractivity contribution in [3.05, 3.63) is 59.0 Å². The molecule has 7 nitrogen and oxygen atoms in total. The SMILES string of the molecule is O=C(CC1CC1)Oc1c(-c2nc3ccccc3c(=O)o2)n(C(=O)CC2CC2)c2ccccc12. The van der Waals surface area contributed by atoms with Crippen LogP contribution in [0.25, 0.3) is 33.4 Å². The maximum atomic E-state index is 13.4. The molecule has 2 aromatic carbocycles. The molecule has 2 aliphatic rings. The average molecular weight is 442 g/mol. The number of aromatic nitrogens is 2. The maximum absolute atomic E-state index is 13.4. The summed E-state index contributed by atoms with van der Waals surface area (Å²) >= 11 is 0. The molecule has 2 fully saturated rings. The van der Waals surface area contributed by atoms with Crippen molar-refractivity contribution in [2.75, 3.05) is 0 Å². The minimum Gasteiger partial charge on any atom is -0.423 e. The second-order valence-electron chi connectivity index (χ2n) is 9.02. The van der Waals surface area contributed by atoms with Crippen LogP contribution in [0.4, 0.5) is 0 Å². The van der Waals surface area contributed by atoms with Crippen molar-refractivity contribution in [1.29, 1.82) is 0 Å². The van der Waals surface area contributed by atoms with Gasteiger partial charge in [-0.2, -0.15) is 0 Å². The van der Waals surface area contributed by atoms with Crippen LogP contribution in [0.2, 0.25) is 0 Å². The zero-order valence-electron chi connectivity index (χ0n) is 18.0. The van der Waals surface area contributed by atoms with Crippen LogP contribution in [0.5, 0.6) is 5.75 Å². The van der Waals surface area contributed by atoms with Gasteiger partial charge in [-0.15, -0.1) is 0 Å². The molecule has 7 heteroatoms. The largest absolute Gasteiger partial charge is 0.423 e. The molecule has 0 unspecified atom stereocenters. The van der Waals surface area contributed by atoms with E-state index in [0.717, 1.165) is 25.7 Å². The predicted molar refractivity (Wildman–Crippen MR) is 122 cm³/mol. The molecule has 4 aromatic rings. The van der Waals surface area contributed by atoms with Crippen molar-refractivity contribution < 1.29 is 18.7 Å². The molecule has 2 aliphatic carbocycles. The molecule has 2 saturated carbocycles. The van der Waals surface area contributed by atoms with Gasteiger partial charge >= 0.3 is 11.6 Å². The van der Waals surface area contributed by atoms with E-state index in [-0.39, 0.29) is 29.2 Å². The van der Waals surface area contributed by atoms with Crippen LogP contribution in [0, 0.1) is 11.8 Å². The number of rotatable bonds is 6. The van der Waals surface area contributed by atoms with Gasteiger partial charge in [0.1, 0.15) is 0 Å². The topological polar surface area (TPSA) is 91.4 Å². The van der Waals surface area contributed by atoms with E-state index in [4.69, 9.17) is 9.15 Å². The predicted octanol–water partition coefficient (Wildman–Crippen LogP) is 4.96. The van der Waals surface area contributed by atoms with Crippen molar-refractivity contribution in [1.82, 2.24) is 9.55 Å². The Kier molecular flexibility index (Phi) is 4.64. The van der Waals surface area contributed by atoms with Crippen LogP contribution in [0.15, 0.2) is 57.7 Å². The van der Waals surface area contributed by atoms with Gasteiger partial charge < -0.3 is 9.15 Å². The van der Waals surface area contributed by atoms with E-state index in [2.05, 4.69) is 4.98 Å². The van der Waals surface area contributed by atoms with Gasteiger partial charge in [-0.1, -0.05) is 24.3 Å². The first-order valence-corrected chi connectivity index (χ1v) is 11.4. The van der Waals surface area contributed by atoms with E-state index in [9.17, 15) is 14.4 Å². The number of hydrogen-bond acceptors (Lipinski definition) is 6. The Balaban J connectivity index is 1.59. The molecule has 0 amide bonds. The van der Waals surface area contributed by atoms with E-state index in [1.165, 1.54) is 4.57 Å². The summed E-state index contributed by atoms with van der Waals surface area (Å²) in [6.45, 7) is 0. The molecule has 0 N–H and O–H groups in total. The summed E-state index contributed by atoms with van der Waals surface area (Å²) in [5, 5.41) is 0.957. The third-order valence-corrected chi connectivity index (χ3v) is 6.34. The van der Waals surface area contributed by atoms with E-state index in [1.54, 1.807) is 36.4 Å². The average Bonchev–Trinajstić information content (AvgIpc) is 3.74. The van der Waals surface area contributed by atoms with Crippen molar-refractivity contribution in [2.45, 2.75) is 38.5 Å². The summed E-state index contributed by atoms with van der Waals surface area (Å²) in [5.41, 5.74) is 0.710. The number of benzene rings is 2. The molecule has 2 heterocycles. The smallest absolute Gasteiger partial charge is 0.347 e. The Morgan fingerprint density at radius 1 is 0.939 bits per heavy atom. The first-order valence-electron chi connectivity index (χ1n) is 11.4. The fraction of sp³-hybridized carbons (Fsp3) is 0.308. The lowest BCUT2D eigenvalue weighted by Crippen LogP contribution is -2.15.